The van der Waals surface area contributed by atoms with Crippen molar-refractivity contribution in [1.29, 1.82) is 0 Å². The van der Waals surface area contributed by atoms with Crippen molar-refractivity contribution in [2.45, 2.75) is 13.0 Å². The van der Waals surface area contributed by atoms with Crippen molar-refractivity contribution in [2.24, 2.45) is 5.73 Å². The Morgan fingerprint density at radius 2 is 2.30 bits per heavy atom. The maximum atomic E-state index is 10.5. The number of nitrogens with zero attached hydrogens (tertiary/aromatic N) is 1. The van der Waals surface area contributed by atoms with Crippen LogP contribution in [0.5, 0.6) is 0 Å². The van der Waals surface area contributed by atoms with Gasteiger partial charge in [-0.25, -0.2) is 0 Å². The van der Waals surface area contributed by atoms with Crippen LogP contribution in [0, 0.1) is 0 Å². The summed E-state index contributed by atoms with van der Waals surface area (Å²) < 4.78 is 0. The molecule has 60 valence electrons. The first-order chi connectivity index (χ1) is 4.59. The second-order valence-electron chi connectivity index (χ2n) is 2.28. The van der Waals surface area contributed by atoms with E-state index in [1.165, 1.54) is 0 Å². The lowest BCUT2D eigenvalue weighted by Crippen LogP contribution is -2.41. The molecule has 0 radical (unpaired) electrons. The number of carbonyl (C=O) groups excluding carboxylic acids is 1. The Labute approximate surface area is 60.6 Å². The van der Waals surface area contributed by atoms with Gasteiger partial charge in [-0.2, -0.15) is 0 Å². The highest BCUT2D eigenvalue weighted by molar-refractivity contribution is 5.79. The fourth-order valence-electron chi connectivity index (χ4n) is 0.569. The summed E-state index contributed by atoms with van der Waals surface area (Å²) in [5.41, 5.74) is 5.00. The van der Waals surface area contributed by atoms with Gasteiger partial charge in [0.05, 0.1) is 12.6 Å². The number of rotatable bonds is 4. The Kier molecular flexibility index (Phi) is 3.99. The molecule has 0 saturated carbocycles. The number of amides is 1. The molecule has 0 aliphatic carbocycles. The third-order valence-electron chi connectivity index (χ3n) is 1.53. The van der Waals surface area contributed by atoms with Crippen LogP contribution in [-0.2, 0) is 4.79 Å². The van der Waals surface area contributed by atoms with E-state index in [0.29, 0.717) is 6.54 Å². The SMILES string of the molecule is CC(C(N)=O)N(C)CCO. The van der Waals surface area contributed by atoms with Gasteiger partial charge in [0.2, 0.25) is 5.91 Å². The summed E-state index contributed by atoms with van der Waals surface area (Å²) in [6, 6.07) is -0.299. The highest BCUT2D eigenvalue weighted by Gasteiger charge is 2.12. The van der Waals surface area contributed by atoms with Crippen molar-refractivity contribution in [3.63, 3.8) is 0 Å². The fourth-order valence-corrected chi connectivity index (χ4v) is 0.569. The molecule has 0 saturated heterocycles. The molecule has 0 heterocycles. The molecule has 10 heavy (non-hydrogen) atoms. The number of hydrogen-bond acceptors (Lipinski definition) is 3. The van der Waals surface area contributed by atoms with Crippen LogP contribution in [0.2, 0.25) is 0 Å². The Bertz CT molecular complexity index is 116. The Morgan fingerprint density at radius 1 is 1.80 bits per heavy atom. The van der Waals surface area contributed by atoms with Gasteiger partial charge in [-0.05, 0) is 14.0 Å². The second-order valence-corrected chi connectivity index (χ2v) is 2.28. The molecule has 0 aromatic heterocycles. The van der Waals surface area contributed by atoms with Crippen molar-refractivity contribution >= 4 is 5.91 Å². The zero-order valence-electron chi connectivity index (χ0n) is 6.37. The van der Waals surface area contributed by atoms with Gasteiger partial charge < -0.3 is 10.8 Å². The zero-order chi connectivity index (χ0) is 8.15. The van der Waals surface area contributed by atoms with E-state index in [9.17, 15) is 4.79 Å². The molecule has 3 N–H and O–H groups in total. The average Bonchev–Trinajstić information content (AvgIpc) is 1.87. The largest absolute Gasteiger partial charge is 0.395 e. The number of carbonyl (C=O) groups is 1. The van der Waals surface area contributed by atoms with Crippen molar-refractivity contribution in [1.82, 2.24) is 4.90 Å². The Balaban J connectivity index is 3.69. The fraction of sp³-hybridized carbons (Fsp3) is 0.833. The predicted molar refractivity (Wildman–Crippen MR) is 38.4 cm³/mol. The maximum absolute atomic E-state index is 10.5. The summed E-state index contributed by atoms with van der Waals surface area (Å²) in [5, 5.41) is 8.47. The molecule has 0 bridgehead atoms. The zero-order valence-corrected chi connectivity index (χ0v) is 6.37. The molecule has 0 spiro atoms. The highest BCUT2D eigenvalue weighted by atomic mass is 16.3. The normalized spacial score (nSPS) is 13.6. The van der Waals surface area contributed by atoms with Crippen molar-refractivity contribution in [3.05, 3.63) is 0 Å². The molecule has 0 aromatic carbocycles. The van der Waals surface area contributed by atoms with E-state index >= 15 is 0 Å². The lowest BCUT2D eigenvalue weighted by Gasteiger charge is -2.20. The number of nitrogens with two attached hydrogens (primary N) is 1. The summed E-state index contributed by atoms with van der Waals surface area (Å²) in [5.74, 6) is -0.365. The number of primary amides is 1. The van der Waals surface area contributed by atoms with Crippen LogP contribution < -0.4 is 5.73 Å². The highest BCUT2D eigenvalue weighted by Crippen LogP contribution is 1.91. The summed E-state index contributed by atoms with van der Waals surface area (Å²) in [6.45, 7) is 2.23. The van der Waals surface area contributed by atoms with Gasteiger partial charge in [0.15, 0.2) is 0 Å². The minimum absolute atomic E-state index is 0.0497. The minimum atomic E-state index is -0.365. The number of hydrogen-bond donors (Lipinski definition) is 2. The molecule has 4 nitrogen and oxygen atoms in total. The molecule has 1 unspecified atom stereocenters. The predicted octanol–water partition coefficient (Wildman–Crippen LogP) is -1.22. The van der Waals surface area contributed by atoms with E-state index in [1.54, 1.807) is 18.9 Å². The van der Waals surface area contributed by atoms with Gasteiger partial charge >= 0.3 is 0 Å². The molecule has 0 aromatic rings. The van der Waals surface area contributed by atoms with Crippen LogP contribution in [0.3, 0.4) is 0 Å². The summed E-state index contributed by atoms with van der Waals surface area (Å²) in [6.07, 6.45) is 0. The molecule has 0 aliphatic heterocycles. The van der Waals surface area contributed by atoms with E-state index in [4.69, 9.17) is 10.8 Å². The molecular weight excluding hydrogens is 132 g/mol. The molecule has 0 aliphatic rings. The Morgan fingerprint density at radius 3 is 2.60 bits per heavy atom. The topological polar surface area (TPSA) is 66.6 Å². The molecule has 0 fully saturated rings. The second kappa shape index (κ2) is 4.24. The van der Waals surface area contributed by atoms with Crippen molar-refractivity contribution in [2.75, 3.05) is 20.2 Å². The first kappa shape index (κ1) is 9.39. The molecule has 4 heteroatoms. The van der Waals surface area contributed by atoms with Gasteiger partial charge in [-0.3, -0.25) is 9.69 Å². The van der Waals surface area contributed by atoms with Crippen LogP contribution in [0.25, 0.3) is 0 Å². The molecular formula is C6H14N2O2. The lowest BCUT2D eigenvalue weighted by molar-refractivity contribution is -0.122. The third kappa shape index (κ3) is 2.80. The third-order valence-corrected chi connectivity index (χ3v) is 1.53. The monoisotopic (exact) mass is 146 g/mol. The Hall–Kier alpha value is -0.610. The van der Waals surface area contributed by atoms with Gasteiger partial charge in [-0.15, -0.1) is 0 Å². The van der Waals surface area contributed by atoms with Gasteiger partial charge in [0, 0.05) is 6.54 Å². The number of aliphatic hydroxyl groups excluding tert-OH is 1. The number of likely N-dealkylation sites (N-methyl/N-ethyl adjacent to an activating group) is 1. The van der Waals surface area contributed by atoms with Gasteiger partial charge in [0.1, 0.15) is 0 Å². The van der Waals surface area contributed by atoms with Gasteiger partial charge in [0.25, 0.3) is 0 Å². The summed E-state index contributed by atoms with van der Waals surface area (Å²) in [4.78, 5) is 12.2. The average molecular weight is 146 g/mol. The first-order valence-corrected chi connectivity index (χ1v) is 3.20. The standard InChI is InChI=1S/C6H14N2O2/c1-5(6(7)10)8(2)3-4-9/h5,9H,3-4H2,1-2H3,(H2,7,10). The van der Waals surface area contributed by atoms with Crippen LogP contribution in [0.1, 0.15) is 6.92 Å². The minimum Gasteiger partial charge on any atom is -0.395 e. The molecule has 1 amide bonds. The van der Waals surface area contributed by atoms with Crippen LogP contribution >= 0.6 is 0 Å². The first-order valence-electron chi connectivity index (χ1n) is 3.20. The van der Waals surface area contributed by atoms with Crippen LogP contribution in [0.15, 0.2) is 0 Å². The van der Waals surface area contributed by atoms with E-state index < -0.39 is 0 Å². The lowest BCUT2D eigenvalue weighted by atomic mass is 10.3. The van der Waals surface area contributed by atoms with Gasteiger partial charge in [-0.1, -0.05) is 0 Å². The van der Waals surface area contributed by atoms with Crippen molar-refractivity contribution < 1.29 is 9.90 Å². The van der Waals surface area contributed by atoms with E-state index in [0.717, 1.165) is 0 Å². The van der Waals surface area contributed by atoms with E-state index in [2.05, 4.69) is 0 Å². The summed E-state index contributed by atoms with van der Waals surface area (Å²) >= 11 is 0. The summed E-state index contributed by atoms with van der Waals surface area (Å²) in [7, 11) is 1.74. The number of aliphatic hydroxyl groups is 1. The van der Waals surface area contributed by atoms with E-state index in [-0.39, 0.29) is 18.6 Å². The molecule has 0 rings (SSSR count). The quantitative estimate of drug-likeness (QED) is 0.522. The maximum Gasteiger partial charge on any atom is 0.234 e. The van der Waals surface area contributed by atoms with Crippen LogP contribution in [-0.4, -0.2) is 42.2 Å². The van der Waals surface area contributed by atoms with E-state index in [1.807, 2.05) is 0 Å². The van der Waals surface area contributed by atoms with Crippen LogP contribution in [0.4, 0.5) is 0 Å². The molecule has 1 atom stereocenters. The van der Waals surface area contributed by atoms with Crippen molar-refractivity contribution in [3.8, 4) is 0 Å². The smallest absolute Gasteiger partial charge is 0.234 e.